The van der Waals surface area contributed by atoms with E-state index in [1.807, 2.05) is 12.1 Å². The molecule has 0 saturated carbocycles. The molecule has 2 aromatic carbocycles. The molecule has 1 unspecified atom stereocenters. The van der Waals surface area contributed by atoms with E-state index in [2.05, 4.69) is 15.5 Å². The van der Waals surface area contributed by atoms with Crippen molar-refractivity contribution >= 4 is 5.91 Å². The van der Waals surface area contributed by atoms with Crippen LogP contribution in [0.15, 0.2) is 60.7 Å². The fraction of sp³-hybridized carbons (Fsp3) is 0.150. The molecule has 138 valence electrons. The van der Waals surface area contributed by atoms with Gasteiger partial charge in [-0.05, 0) is 41.5 Å². The largest absolute Gasteiger partial charge is 0.497 e. The van der Waals surface area contributed by atoms with Gasteiger partial charge >= 0.3 is 0 Å². The average Bonchev–Trinajstić information content (AvgIpc) is 2.73. The lowest BCUT2D eigenvalue weighted by Gasteiger charge is -2.20. The van der Waals surface area contributed by atoms with Crippen LogP contribution in [0.3, 0.4) is 0 Å². The Morgan fingerprint density at radius 3 is 2.04 bits per heavy atom. The van der Waals surface area contributed by atoms with Crippen molar-refractivity contribution in [3.8, 4) is 11.6 Å². The number of carbonyl (C=O) groups is 1. The summed E-state index contributed by atoms with van der Waals surface area (Å²) in [5, 5.41) is 10.6. The number of halogens is 1. The van der Waals surface area contributed by atoms with E-state index in [-0.39, 0.29) is 11.5 Å². The van der Waals surface area contributed by atoms with Gasteiger partial charge in [0.2, 0.25) is 5.88 Å². The second kappa shape index (κ2) is 8.27. The zero-order valence-corrected chi connectivity index (χ0v) is 14.8. The molecule has 0 fully saturated rings. The molecule has 0 bridgehead atoms. The zero-order chi connectivity index (χ0) is 19.2. The van der Waals surface area contributed by atoms with Gasteiger partial charge in [-0.25, -0.2) is 4.39 Å². The topological polar surface area (TPSA) is 73.3 Å². The summed E-state index contributed by atoms with van der Waals surface area (Å²) in [5.41, 5.74) is 1.70. The lowest BCUT2D eigenvalue weighted by atomic mass is 9.98. The Kier molecular flexibility index (Phi) is 5.61. The number of rotatable bonds is 6. The summed E-state index contributed by atoms with van der Waals surface area (Å²) in [6.07, 6.45) is 0. The van der Waals surface area contributed by atoms with E-state index in [4.69, 9.17) is 9.47 Å². The van der Waals surface area contributed by atoms with Gasteiger partial charge in [0.1, 0.15) is 11.6 Å². The molecule has 1 heterocycles. The highest BCUT2D eigenvalue weighted by molar-refractivity contribution is 5.92. The van der Waals surface area contributed by atoms with Gasteiger partial charge in [0.25, 0.3) is 5.91 Å². The number of nitrogens with one attached hydrogen (secondary N) is 1. The Bertz CT molecular complexity index is 897. The summed E-state index contributed by atoms with van der Waals surface area (Å²) in [7, 11) is 3.05. The number of hydrogen-bond acceptors (Lipinski definition) is 5. The minimum Gasteiger partial charge on any atom is -0.497 e. The van der Waals surface area contributed by atoms with Gasteiger partial charge in [-0.2, -0.15) is 0 Å². The highest BCUT2D eigenvalue weighted by atomic mass is 19.1. The number of nitrogens with zero attached hydrogens (tertiary/aromatic N) is 2. The van der Waals surface area contributed by atoms with Crippen molar-refractivity contribution in [3.05, 3.63) is 83.3 Å². The van der Waals surface area contributed by atoms with E-state index in [9.17, 15) is 9.18 Å². The van der Waals surface area contributed by atoms with Crippen molar-refractivity contribution in [2.24, 2.45) is 0 Å². The van der Waals surface area contributed by atoms with Crippen LogP contribution >= 0.6 is 0 Å². The molecule has 27 heavy (non-hydrogen) atoms. The number of amides is 1. The van der Waals surface area contributed by atoms with Crippen LogP contribution in [-0.4, -0.2) is 30.3 Å². The standard InChI is InChI=1S/C20H18FN3O3/c1-26-16-9-5-14(6-10-16)19(13-3-7-15(21)8-4-13)22-20(25)17-11-12-18(27-2)24-23-17/h3-12,19H,1-2H3,(H,22,25). The molecule has 3 rings (SSSR count). The van der Waals surface area contributed by atoms with Crippen molar-refractivity contribution in [3.63, 3.8) is 0 Å². The third-order valence-corrected chi connectivity index (χ3v) is 4.01. The minimum atomic E-state index is -0.493. The second-order valence-corrected chi connectivity index (χ2v) is 5.69. The number of hydrogen-bond donors (Lipinski definition) is 1. The van der Waals surface area contributed by atoms with Crippen LogP contribution in [0.1, 0.15) is 27.7 Å². The zero-order valence-electron chi connectivity index (χ0n) is 14.8. The summed E-state index contributed by atoms with van der Waals surface area (Å²) in [6, 6.07) is 15.8. The molecule has 1 aromatic heterocycles. The SMILES string of the molecule is COc1ccc(C(NC(=O)c2ccc(OC)nn2)c2ccc(F)cc2)cc1. The van der Waals surface area contributed by atoms with Crippen LogP contribution in [-0.2, 0) is 0 Å². The van der Waals surface area contributed by atoms with Gasteiger partial charge in [0.15, 0.2) is 5.69 Å². The molecule has 3 aromatic rings. The Hall–Kier alpha value is -3.48. The molecular formula is C20H18FN3O3. The number of aromatic nitrogens is 2. The molecule has 0 spiro atoms. The normalized spacial score (nSPS) is 11.5. The van der Waals surface area contributed by atoms with E-state index < -0.39 is 11.9 Å². The first-order valence-electron chi connectivity index (χ1n) is 8.18. The molecule has 0 aliphatic carbocycles. The van der Waals surface area contributed by atoms with Crippen LogP contribution in [0.4, 0.5) is 4.39 Å². The lowest BCUT2D eigenvalue weighted by molar-refractivity contribution is 0.0936. The summed E-state index contributed by atoms with van der Waals surface area (Å²) >= 11 is 0. The third kappa shape index (κ3) is 4.38. The monoisotopic (exact) mass is 367 g/mol. The first kappa shape index (κ1) is 18.3. The predicted octanol–water partition coefficient (Wildman–Crippen LogP) is 3.15. The van der Waals surface area contributed by atoms with Gasteiger partial charge in [-0.3, -0.25) is 4.79 Å². The second-order valence-electron chi connectivity index (χ2n) is 5.69. The summed E-state index contributed by atoms with van der Waals surface area (Å²) in [4.78, 5) is 12.6. The molecule has 0 saturated heterocycles. The van der Waals surface area contributed by atoms with E-state index in [0.717, 1.165) is 11.1 Å². The first-order valence-corrected chi connectivity index (χ1v) is 8.18. The van der Waals surface area contributed by atoms with Gasteiger partial charge in [-0.1, -0.05) is 24.3 Å². The molecule has 1 N–H and O–H groups in total. The quantitative estimate of drug-likeness (QED) is 0.725. The van der Waals surface area contributed by atoms with Crippen LogP contribution in [0, 0.1) is 5.82 Å². The predicted molar refractivity (Wildman–Crippen MR) is 97.3 cm³/mol. The van der Waals surface area contributed by atoms with Crippen LogP contribution < -0.4 is 14.8 Å². The number of methoxy groups -OCH3 is 2. The number of ether oxygens (including phenoxy) is 2. The fourth-order valence-electron chi connectivity index (χ4n) is 2.57. The average molecular weight is 367 g/mol. The maximum atomic E-state index is 13.3. The minimum absolute atomic E-state index is 0.149. The van der Waals surface area contributed by atoms with Crippen molar-refractivity contribution in [2.75, 3.05) is 14.2 Å². The highest BCUT2D eigenvalue weighted by Crippen LogP contribution is 2.25. The molecule has 6 nitrogen and oxygen atoms in total. The van der Waals surface area contributed by atoms with E-state index in [0.29, 0.717) is 11.6 Å². The molecule has 0 radical (unpaired) electrons. The van der Waals surface area contributed by atoms with Gasteiger partial charge in [-0.15, -0.1) is 10.2 Å². The van der Waals surface area contributed by atoms with Crippen LogP contribution in [0.5, 0.6) is 11.6 Å². The summed E-state index contributed by atoms with van der Waals surface area (Å²) in [5.74, 6) is 0.260. The van der Waals surface area contributed by atoms with E-state index in [1.165, 1.54) is 25.3 Å². The Balaban J connectivity index is 1.90. The van der Waals surface area contributed by atoms with Crippen molar-refractivity contribution in [1.82, 2.24) is 15.5 Å². The lowest BCUT2D eigenvalue weighted by Crippen LogP contribution is -2.30. The van der Waals surface area contributed by atoms with Crippen molar-refractivity contribution in [2.45, 2.75) is 6.04 Å². The highest BCUT2D eigenvalue weighted by Gasteiger charge is 2.19. The molecule has 7 heteroatoms. The third-order valence-electron chi connectivity index (χ3n) is 4.01. The first-order chi connectivity index (χ1) is 13.1. The van der Waals surface area contributed by atoms with Crippen LogP contribution in [0.25, 0.3) is 0 Å². The smallest absolute Gasteiger partial charge is 0.272 e. The van der Waals surface area contributed by atoms with Gasteiger partial charge in [0, 0.05) is 6.07 Å². The summed E-state index contributed by atoms with van der Waals surface area (Å²) in [6.45, 7) is 0. The summed E-state index contributed by atoms with van der Waals surface area (Å²) < 4.78 is 23.4. The maximum absolute atomic E-state index is 13.3. The number of benzene rings is 2. The van der Waals surface area contributed by atoms with Gasteiger partial charge < -0.3 is 14.8 Å². The molecule has 1 amide bonds. The maximum Gasteiger partial charge on any atom is 0.272 e. The Morgan fingerprint density at radius 1 is 0.889 bits per heavy atom. The van der Waals surface area contributed by atoms with E-state index in [1.54, 1.807) is 37.4 Å². The Labute approximate surface area is 156 Å². The van der Waals surface area contributed by atoms with Gasteiger partial charge in [0.05, 0.1) is 20.3 Å². The molecule has 1 atom stereocenters. The Morgan fingerprint density at radius 2 is 1.52 bits per heavy atom. The fourth-order valence-corrected chi connectivity index (χ4v) is 2.57. The molecule has 0 aliphatic heterocycles. The van der Waals surface area contributed by atoms with Crippen molar-refractivity contribution < 1.29 is 18.7 Å². The molecular weight excluding hydrogens is 349 g/mol. The number of carbonyl (C=O) groups excluding carboxylic acids is 1. The van der Waals surface area contributed by atoms with Crippen LogP contribution in [0.2, 0.25) is 0 Å². The molecule has 0 aliphatic rings. The van der Waals surface area contributed by atoms with Crippen molar-refractivity contribution in [1.29, 1.82) is 0 Å². The van der Waals surface area contributed by atoms with E-state index >= 15 is 0 Å².